The number of hydrogen-bond acceptors (Lipinski definition) is 5. The largest absolute Gasteiger partial charge is 0.417 e. The topological polar surface area (TPSA) is 80.5 Å². The van der Waals surface area contributed by atoms with Crippen LogP contribution >= 0.6 is 11.3 Å². The molecule has 0 aliphatic rings. The highest BCUT2D eigenvalue weighted by molar-refractivity contribution is 7.15. The summed E-state index contributed by atoms with van der Waals surface area (Å²) in [7, 11) is 0. The molecule has 0 amide bonds. The smallest absolute Gasteiger partial charge is 0.330 e. The van der Waals surface area contributed by atoms with Gasteiger partial charge in [-0.15, -0.1) is 11.3 Å². The fourth-order valence-electron chi connectivity index (χ4n) is 2.31. The van der Waals surface area contributed by atoms with Crippen LogP contribution in [0.1, 0.15) is 16.3 Å². The minimum atomic E-state index is -4.47. The molecule has 0 radical (unpaired) electrons. The van der Waals surface area contributed by atoms with Crippen molar-refractivity contribution in [2.24, 2.45) is 5.73 Å². The molecule has 3 rings (SSSR count). The quantitative estimate of drug-likeness (QED) is 0.753. The van der Waals surface area contributed by atoms with Crippen LogP contribution < -0.4 is 5.73 Å². The van der Waals surface area contributed by atoms with E-state index in [1.807, 2.05) is 6.92 Å². The minimum Gasteiger partial charge on any atom is -0.330 e. The molecule has 0 saturated carbocycles. The summed E-state index contributed by atoms with van der Waals surface area (Å²) in [6, 6.07) is 5.24. The highest BCUT2D eigenvalue weighted by Gasteiger charge is 2.34. The summed E-state index contributed by atoms with van der Waals surface area (Å²) in [6.07, 6.45) is -3.82. The van der Waals surface area contributed by atoms with E-state index >= 15 is 0 Å². The molecule has 9 heteroatoms. The SMILES string of the molecule is Cc1nc(CCN)sc1-c1nc(-c2ccccc2C(F)(F)F)n[nH]1. The van der Waals surface area contributed by atoms with Gasteiger partial charge in [-0.1, -0.05) is 18.2 Å². The Labute approximate surface area is 139 Å². The van der Waals surface area contributed by atoms with Crippen molar-refractivity contribution in [3.63, 3.8) is 0 Å². The molecule has 0 saturated heterocycles. The Morgan fingerprint density at radius 2 is 1.96 bits per heavy atom. The summed E-state index contributed by atoms with van der Waals surface area (Å²) < 4.78 is 39.4. The van der Waals surface area contributed by atoms with Crippen LogP contribution in [0.4, 0.5) is 13.2 Å². The highest BCUT2D eigenvalue weighted by atomic mass is 32.1. The highest BCUT2D eigenvalue weighted by Crippen LogP contribution is 2.36. The lowest BCUT2D eigenvalue weighted by molar-refractivity contribution is -0.137. The summed E-state index contributed by atoms with van der Waals surface area (Å²) in [5.41, 5.74) is 5.44. The first-order valence-corrected chi connectivity index (χ1v) is 7.97. The number of hydrogen-bond donors (Lipinski definition) is 2. The number of thiazole rings is 1. The Balaban J connectivity index is 2.01. The van der Waals surface area contributed by atoms with Crippen LogP contribution in [0.25, 0.3) is 22.1 Å². The molecule has 3 aromatic rings. The van der Waals surface area contributed by atoms with Gasteiger partial charge in [-0.2, -0.15) is 18.3 Å². The van der Waals surface area contributed by atoms with E-state index in [4.69, 9.17) is 5.73 Å². The maximum Gasteiger partial charge on any atom is 0.417 e. The number of aryl methyl sites for hydroxylation is 1. The fourth-order valence-corrected chi connectivity index (χ4v) is 3.33. The Hall–Kier alpha value is -2.26. The molecule has 126 valence electrons. The number of halogens is 3. The zero-order valence-corrected chi connectivity index (χ0v) is 13.5. The molecule has 0 bridgehead atoms. The van der Waals surface area contributed by atoms with Gasteiger partial charge in [0.05, 0.1) is 21.1 Å². The third kappa shape index (κ3) is 3.17. The van der Waals surface area contributed by atoms with Crippen molar-refractivity contribution in [3.8, 4) is 22.1 Å². The maximum atomic E-state index is 13.1. The third-order valence-electron chi connectivity index (χ3n) is 3.37. The average molecular weight is 353 g/mol. The van der Waals surface area contributed by atoms with Crippen LogP contribution in [0.3, 0.4) is 0 Å². The van der Waals surface area contributed by atoms with Gasteiger partial charge in [0.2, 0.25) is 0 Å². The second-order valence-corrected chi connectivity index (χ2v) is 6.20. The van der Waals surface area contributed by atoms with Gasteiger partial charge in [0.15, 0.2) is 11.6 Å². The molecule has 0 aliphatic carbocycles. The first-order valence-electron chi connectivity index (χ1n) is 7.16. The Kier molecular flexibility index (Phi) is 4.37. The number of aromatic nitrogens is 4. The molecule has 2 heterocycles. The Morgan fingerprint density at radius 3 is 2.67 bits per heavy atom. The molecule has 0 aliphatic heterocycles. The first-order chi connectivity index (χ1) is 11.4. The van der Waals surface area contributed by atoms with E-state index in [-0.39, 0.29) is 11.4 Å². The van der Waals surface area contributed by atoms with Crippen molar-refractivity contribution in [3.05, 3.63) is 40.5 Å². The number of H-pyrrole nitrogens is 1. The van der Waals surface area contributed by atoms with E-state index < -0.39 is 11.7 Å². The lowest BCUT2D eigenvalue weighted by atomic mass is 10.1. The van der Waals surface area contributed by atoms with Gasteiger partial charge in [0.25, 0.3) is 0 Å². The summed E-state index contributed by atoms with van der Waals surface area (Å²) in [5.74, 6) is 0.409. The fraction of sp³-hybridized carbons (Fsp3) is 0.267. The van der Waals surface area contributed by atoms with Gasteiger partial charge >= 0.3 is 6.18 Å². The van der Waals surface area contributed by atoms with Gasteiger partial charge < -0.3 is 5.73 Å². The van der Waals surface area contributed by atoms with Crippen molar-refractivity contribution in [2.75, 3.05) is 6.54 Å². The molecule has 0 atom stereocenters. The lowest BCUT2D eigenvalue weighted by Crippen LogP contribution is -2.07. The lowest BCUT2D eigenvalue weighted by Gasteiger charge is -2.09. The number of nitrogens with zero attached hydrogens (tertiary/aromatic N) is 3. The molecule has 5 nitrogen and oxygen atoms in total. The van der Waals surface area contributed by atoms with E-state index in [2.05, 4.69) is 20.2 Å². The molecule has 0 spiro atoms. The number of benzene rings is 1. The van der Waals surface area contributed by atoms with Gasteiger partial charge in [0.1, 0.15) is 0 Å². The van der Waals surface area contributed by atoms with Crippen molar-refractivity contribution in [2.45, 2.75) is 19.5 Å². The second kappa shape index (κ2) is 6.33. The number of rotatable bonds is 4. The minimum absolute atomic E-state index is 0.00565. The summed E-state index contributed by atoms with van der Waals surface area (Å²) in [5, 5.41) is 7.52. The first kappa shape index (κ1) is 16.6. The van der Waals surface area contributed by atoms with Crippen LogP contribution in [-0.4, -0.2) is 26.7 Å². The summed E-state index contributed by atoms with van der Waals surface area (Å²) in [4.78, 5) is 9.37. The molecule has 24 heavy (non-hydrogen) atoms. The molecule has 2 aromatic heterocycles. The summed E-state index contributed by atoms with van der Waals surface area (Å²) >= 11 is 1.41. The predicted molar refractivity (Wildman–Crippen MR) is 85.4 cm³/mol. The van der Waals surface area contributed by atoms with Crippen molar-refractivity contribution >= 4 is 11.3 Å². The molecule has 3 N–H and O–H groups in total. The molecule has 0 fully saturated rings. The number of nitrogens with one attached hydrogen (secondary N) is 1. The van der Waals surface area contributed by atoms with Crippen molar-refractivity contribution in [1.29, 1.82) is 0 Å². The molecular weight excluding hydrogens is 339 g/mol. The second-order valence-electron chi connectivity index (χ2n) is 5.11. The molecule has 0 unspecified atom stereocenters. The van der Waals surface area contributed by atoms with Gasteiger partial charge in [-0.25, -0.2) is 9.97 Å². The standard InChI is InChI=1S/C15H14F3N5S/c1-8-12(24-11(20-8)6-7-19)14-21-13(22-23-14)9-4-2-3-5-10(9)15(16,17)18/h2-5H,6-7,19H2,1H3,(H,21,22,23). The number of nitrogens with two attached hydrogens (primary N) is 1. The Bertz CT molecular complexity index is 853. The summed E-state index contributed by atoms with van der Waals surface area (Å²) in [6.45, 7) is 2.30. The zero-order valence-electron chi connectivity index (χ0n) is 12.7. The number of alkyl halides is 3. The van der Waals surface area contributed by atoms with E-state index in [1.165, 1.54) is 29.5 Å². The monoisotopic (exact) mass is 353 g/mol. The van der Waals surface area contributed by atoms with E-state index in [9.17, 15) is 13.2 Å². The normalized spacial score (nSPS) is 11.9. The predicted octanol–water partition coefficient (Wildman–Crippen LogP) is 3.42. The van der Waals surface area contributed by atoms with Crippen molar-refractivity contribution in [1.82, 2.24) is 20.2 Å². The third-order valence-corrected chi connectivity index (χ3v) is 4.60. The van der Waals surface area contributed by atoms with Gasteiger partial charge in [-0.3, -0.25) is 5.10 Å². The molecule has 1 aromatic carbocycles. The van der Waals surface area contributed by atoms with Gasteiger partial charge in [-0.05, 0) is 19.5 Å². The van der Waals surface area contributed by atoms with Crippen LogP contribution in [0, 0.1) is 6.92 Å². The zero-order chi connectivity index (χ0) is 17.3. The molecular formula is C15H14F3N5S. The van der Waals surface area contributed by atoms with E-state index in [0.29, 0.717) is 18.8 Å². The van der Waals surface area contributed by atoms with Crippen LogP contribution in [0.15, 0.2) is 24.3 Å². The van der Waals surface area contributed by atoms with Crippen LogP contribution in [0.5, 0.6) is 0 Å². The van der Waals surface area contributed by atoms with E-state index in [1.54, 1.807) is 0 Å². The number of aromatic amines is 1. The van der Waals surface area contributed by atoms with Crippen LogP contribution in [-0.2, 0) is 12.6 Å². The average Bonchev–Trinajstić information content (AvgIpc) is 3.13. The maximum absolute atomic E-state index is 13.1. The van der Waals surface area contributed by atoms with E-state index in [0.717, 1.165) is 21.6 Å². The van der Waals surface area contributed by atoms with Crippen LogP contribution in [0.2, 0.25) is 0 Å². The van der Waals surface area contributed by atoms with Crippen molar-refractivity contribution < 1.29 is 13.2 Å². The Morgan fingerprint density at radius 1 is 1.21 bits per heavy atom. The van der Waals surface area contributed by atoms with Gasteiger partial charge in [0, 0.05) is 12.0 Å².